The Balaban J connectivity index is 1.76. The van der Waals surface area contributed by atoms with Crippen molar-refractivity contribution in [2.75, 3.05) is 6.54 Å². The first-order valence-electron chi connectivity index (χ1n) is 6.53. The van der Waals surface area contributed by atoms with Crippen molar-refractivity contribution in [1.82, 2.24) is 5.32 Å². The third-order valence-electron chi connectivity index (χ3n) is 2.69. The van der Waals surface area contributed by atoms with Crippen LogP contribution in [-0.4, -0.2) is 12.6 Å². The minimum absolute atomic E-state index is 0.173. The van der Waals surface area contributed by atoms with Gasteiger partial charge in [0.1, 0.15) is 6.61 Å². The van der Waals surface area contributed by atoms with Gasteiger partial charge in [0, 0.05) is 10.6 Å². The zero-order chi connectivity index (χ0) is 15.8. The fourth-order valence-electron chi connectivity index (χ4n) is 1.62. The predicted molar refractivity (Wildman–Crippen MR) is 88.0 cm³/mol. The number of nitrogens with one attached hydrogen (secondary N) is 1. The largest absolute Gasteiger partial charge is 0.445 e. The van der Waals surface area contributed by atoms with Crippen LogP contribution in [0, 0.1) is 11.8 Å². The molecule has 0 aromatic heterocycles. The number of carbonyl (C=O) groups excluding carboxylic acids is 1. The highest BCUT2D eigenvalue weighted by Gasteiger charge is 2.00. The van der Waals surface area contributed by atoms with Gasteiger partial charge in [0.25, 0.3) is 0 Å². The van der Waals surface area contributed by atoms with Crippen molar-refractivity contribution < 1.29 is 9.53 Å². The van der Waals surface area contributed by atoms with E-state index < -0.39 is 6.09 Å². The molecule has 1 N–H and O–H groups in total. The van der Waals surface area contributed by atoms with E-state index in [2.05, 4.69) is 17.2 Å². The van der Waals surface area contributed by atoms with Crippen LogP contribution in [0.1, 0.15) is 11.1 Å². The predicted octanol–water partition coefficient (Wildman–Crippen LogP) is 4.27. The summed E-state index contributed by atoms with van der Waals surface area (Å²) in [6.07, 6.45) is -0.514. The number of rotatable bonds is 3. The minimum Gasteiger partial charge on any atom is -0.445 e. The maximum absolute atomic E-state index is 11.5. The quantitative estimate of drug-likeness (QED) is 0.851. The van der Waals surface area contributed by atoms with Gasteiger partial charge in [-0.1, -0.05) is 65.4 Å². The summed E-state index contributed by atoms with van der Waals surface area (Å²) < 4.78 is 5.06. The lowest BCUT2D eigenvalue weighted by Crippen LogP contribution is -2.24. The summed E-state index contributed by atoms with van der Waals surface area (Å²) in [6.45, 7) is 0.399. The van der Waals surface area contributed by atoms with Crippen LogP contribution in [-0.2, 0) is 11.3 Å². The Hall–Kier alpha value is -2.15. The van der Waals surface area contributed by atoms with Crippen molar-refractivity contribution in [1.29, 1.82) is 0 Å². The molecule has 0 saturated carbocycles. The standard InChI is InChI=1S/C17H13Cl2NO2/c18-15-9-8-14(16(19)11-15)7-4-10-20-17(21)22-12-13-5-2-1-3-6-13/h1-3,5-6,8-9,11H,10,12H2,(H,20,21). The molecule has 0 bridgehead atoms. The molecule has 1 amide bonds. The van der Waals surface area contributed by atoms with Gasteiger partial charge in [-0.3, -0.25) is 0 Å². The van der Waals surface area contributed by atoms with Gasteiger partial charge in [-0.05, 0) is 23.8 Å². The fourth-order valence-corrected chi connectivity index (χ4v) is 2.08. The maximum Gasteiger partial charge on any atom is 0.408 e. The molecule has 3 nitrogen and oxygen atoms in total. The molecule has 0 aliphatic heterocycles. The highest BCUT2D eigenvalue weighted by Crippen LogP contribution is 2.19. The van der Waals surface area contributed by atoms with Crippen LogP contribution in [0.15, 0.2) is 48.5 Å². The maximum atomic E-state index is 11.5. The van der Waals surface area contributed by atoms with E-state index in [4.69, 9.17) is 27.9 Å². The number of ether oxygens (including phenoxy) is 1. The van der Waals surface area contributed by atoms with Crippen LogP contribution in [0.25, 0.3) is 0 Å². The molecular formula is C17H13Cl2NO2. The zero-order valence-electron chi connectivity index (χ0n) is 11.6. The smallest absolute Gasteiger partial charge is 0.408 e. The molecule has 0 atom stereocenters. The minimum atomic E-state index is -0.514. The van der Waals surface area contributed by atoms with Gasteiger partial charge in [-0.25, -0.2) is 4.79 Å². The second kappa shape index (κ2) is 8.33. The van der Waals surface area contributed by atoms with Crippen molar-refractivity contribution in [3.05, 3.63) is 69.7 Å². The molecule has 0 fully saturated rings. The van der Waals surface area contributed by atoms with Gasteiger partial charge in [0.15, 0.2) is 0 Å². The van der Waals surface area contributed by atoms with Crippen molar-refractivity contribution in [3.63, 3.8) is 0 Å². The second-order valence-corrected chi connectivity index (χ2v) is 5.18. The summed E-state index contributed by atoms with van der Waals surface area (Å²) >= 11 is 11.8. The lowest BCUT2D eigenvalue weighted by Gasteiger charge is -2.04. The number of halogens is 2. The van der Waals surface area contributed by atoms with E-state index in [1.807, 2.05) is 30.3 Å². The fraction of sp³-hybridized carbons (Fsp3) is 0.118. The Kier molecular flexibility index (Phi) is 6.14. The summed E-state index contributed by atoms with van der Waals surface area (Å²) in [4.78, 5) is 11.5. The summed E-state index contributed by atoms with van der Waals surface area (Å²) in [6, 6.07) is 14.5. The molecule has 2 rings (SSSR count). The molecule has 112 valence electrons. The van der Waals surface area contributed by atoms with Crippen LogP contribution in [0.2, 0.25) is 10.0 Å². The van der Waals surface area contributed by atoms with Gasteiger partial charge >= 0.3 is 6.09 Å². The Morgan fingerprint density at radius 2 is 1.91 bits per heavy atom. The molecule has 0 aliphatic carbocycles. The van der Waals surface area contributed by atoms with E-state index in [1.165, 1.54) is 0 Å². The molecule has 5 heteroatoms. The van der Waals surface area contributed by atoms with Gasteiger partial charge < -0.3 is 10.1 Å². The average molecular weight is 334 g/mol. The number of carbonyl (C=O) groups is 1. The van der Waals surface area contributed by atoms with Gasteiger partial charge in [0.05, 0.1) is 11.6 Å². The molecule has 0 spiro atoms. The first kappa shape index (κ1) is 16.2. The van der Waals surface area contributed by atoms with Crippen molar-refractivity contribution >= 4 is 29.3 Å². The van der Waals surface area contributed by atoms with E-state index in [9.17, 15) is 4.79 Å². The average Bonchev–Trinajstić information content (AvgIpc) is 2.52. The first-order valence-corrected chi connectivity index (χ1v) is 7.29. The lowest BCUT2D eigenvalue weighted by molar-refractivity contribution is 0.141. The summed E-state index contributed by atoms with van der Waals surface area (Å²) in [7, 11) is 0. The van der Waals surface area contributed by atoms with Crippen LogP contribution < -0.4 is 5.32 Å². The number of alkyl carbamates (subject to hydrolysis) is 1. The normalized spacial score (nSPS) is 9.55. The molecule has 0 radical (unpaired) electrons. The SMILES string of the molecule is O=C(NCC#Cc1ccc(Cl)cc1Cl)OCc1ccccc1. The van der Waals surface area contributed by atoms with Crippen LogP contribution >= 0.6 is 23.2 Å². The Morgan fingerprint density at radius 3 is 2.64 bits per heavy atom. The van der Waals surface area contributed by atoms with Crippen molar-refractivity contribution in [2.24, 2.45) is 0 Å². The van der Waals surface area contributed by atoms with Crippen molar-refractivity contribution in [2.45, 2.75) is 6.61 Å². The highest BCUT2D eigenvalue weighted by atomic mass is 35.5. The van der Waals surface area contributed by atoms with Crippen LogP contribution in [0.5, 0.6) is 0 Å². The highest BCUT2D eigenvalue weighted by molar-refractivity contribution is 6.35. The molecule has 0 heterocycles. The topological polar surface area (TPSA) is 38.3 Å². The molecule has 2 aromatic carbocycles. The van der Waals surface area contributed by atoms with Crippen LogP contribution in [0.3, 0.4) is 0 Å². The Labute approximate surface area is 139 Å². The van der Waals surface area contributed by atoms with E-state index in [-0.39, 0.29) is 13.2 Å². The monoisotopic (exact) mass is 333 g/mol. The number of hydrogen-bond acceptors (Lipinski definition) is 2. The summed E-state index contributed by atoms with van der Waals surface area (Å²) in [5, 5.41) is 3.58. The lowest BCUT2D eigenvalue weighted by atomic mass is 10.2. The molecule has 2 aromatic rings. The van der Waals surface area contributed by atoms with Crippen molar-refractivity contribution in [3.8, 4) is 11.8 Å². The second-order valence-electron chi connectivity index (χ2n) is 4.34. The number of benzene rings is 2. The molecule has 22 heavy (non-hydrogen) atoms. The zero-order valence-corrected chi connectivity index (χ0v) is 13.1. The third kappa shape index (κ3) is 5.33. The Morgan fingerprint density at radius 1 is 1.14 bits per heavy atom. The third-order valence-corrected chi connectivity index (χ3v) is 3.24. The molecular weight excluding hydrogens is 321 g/mol. The van der Waals surface area contributed by atoms with E-state index in [1.54, 1.807) is 18.2 Å². The van der Waals surface area contributed by atoms with Gasteiger partial charge in [-0.2, -0.15) is 0 Å². The number of hydrogen-bond donors (Lipinski definition) is 1. The first-order chi connectivity index (χ1) is 10.6. The summed E-state index contributed by atoms with van der Waals surface area (Å²) in [5.41, 5.74) is 1.59. The summed E-state index contributed by atoms with van der Waals surface area (Å²) in [5.74, 6) is 5.66. The molecule has 0 unspecified atom stereocenters. The van der Waals surface area contributed by atoms with E-state index in [0.29, 0.717) is 15.6 Å². The van der Waals surface area contributed by atoms with E-state index in [0.717, 1.165) is 5.56 Å². The molecule has 0 saturated heterocycles. The van der Waals surface area contributed by atoms with Crippen LogP contribution in [0.4, 0.5) is 4.79 Å². The van der Waals surface area contributed by atoms with Gasteiger partial charge in [0.2, 0.25) is 0 Å². The Bertz CT molecular complexity index is 706. The van der Waals surface area contributed by atoms with E-state index >= 15 is 0 Å². The van der Waals surface area contributed by atoms with Gasteiger partial charge in [-0.15, -0.1) is 0 Å². The molecule has 0 aliphatic rings. The number of amides is 1.